The molecule has 0 saturated carbocycles. The van der Waals surface area contributed by atoms with Crippen LogP contribution in [0.15, 0.2) is 40.2 Å². The van der Waals surface area contributed by atoms with Crippen molar-refractivity contribution in [1.29, 1.82) is 0 Å². The van der Waals surface area contributed by atoms with Crippen LogP contribution in [0, 0.1) is 0 Å². The first-order valence-corrected chi connectivity index (χ1v) is 8.33. The highest BCUT2D eigenvalue weighted by atomic mass is 32.2. The van der Waals surface area contributed by atoms with E-state index in [1.165, 1.54) is 6.07 Å². The van der Waals surface area contributed by atoms with Crippen molar-refractivity contribution in [3.8, 4) is 0 Å². The van der Waals surface area contributed by atoms with Crippen molar-refractivity contribution >= 4 is 21.7 Å². The third-order valence-electron chi connectivity index (χ3n) is 3.30. The predicted octanol–water partition coefficient (Wildman–Crippen LogP) is 0.937. The highest BCUT2D eigenvalue weighted by Crippen LogP contribution is 2.33. The number of carbonyl (C=O) groups excluding carboxylic acids is 1. The van der Waals surface area contributed by atoms with Crippen LogP contribution in [0.4, 0.5) is 0 Å². The zero-order chi connectivity index (χ0) is 15.6. The standard InChI is InChI=1S/C14H17N3O3S/c1-21(19,20)12-8-10(13(18)17-14(15)16)6-7-11(12)9-4-2-3-5-9/h2,4,6-9H,3,5H2,1H3,(H4,15,16,17,18). The number of benzene rings is 1. The van der Waals surface area contributed by atoms with Crippen LogP contribution in [0.3, 0.4) is 0 Å². The van der Waals surface area contributed by atoms with Crippen LogP contribution in [-0.4, -0.2) is 26.5 Å². The highest BCUT2D eigenvalue weighted by molar-refractivity contribution is 7.90. The number of hydrogen-bond donors (Lipinski definition) is 2. The van der Waals surface area contributed by atoms with Gasteiger partial charge >= 0.3 is 0 Å². The van der Waals surface area contributed by atoms with Gasteiger partial charge in [-0.15, -0.1) is 0 Å². The van der Waals surface area contributed by atoms with E-state index in [-0.39, 0.29) is 22.3 Å². The van der Waals surface area contributed by atoms with Gasteiger partial charge in [0.1, 0.15) is 0 Å². The van der Waals surface area contributed by atoms with Crippen molar-refractivity contribution in [3.63, 3.8) is 0 Å². The molecule has 6 nitrogen and oxygen atoms in total. The third kappa shape index (κ3) is 3.49. The molecule has 2 rings (SSSR count). The molecular weight excluding hydrogens is 290 g/mol. The second kappa shape index (κ2) is 5.69. The van der Waals surface area contributed by atoms with E-state index in [1.54, 1.807) is 12.1 Å². The average molecular weight is 307 g/mol. The van der Waals surface area contributed by atoms with Gasteiger partial charge in [0.2, 0.25) is 0 Å². The molecule has 7 heteroatoms. The molecule has 1 aliphatic rings. The molecule has 0 heterocycles. The summed E-state index contributed by atoms with van der Waals surface area (Å²) in [6, 6.07) is 4.54. The Labute approximate surface area is 123 Å². The first-order valence-electron chi connectivity index (χ1n) is 6.43. The van der Waals surface area contributed by atoms with Crippen molar-refractivity contribution < 1.29 is 13.2 Å². The summed E-state index contributed by atoms with van der Waals surface area (Å²) in [5.74, 6) is -0.959. The van der Waals surface area contributed by atoms with Gasteiger partial charge in [0.05, 0.1) is 4.90 Å². The molecule has 0 spiro atoms. The van der Waals surface area contributed by atoms with Gasteiger partial charge in [-0.25, -0.2) is 8.42 Å². The lowest BCUT2D eigenvalue weighted by atomic mass is 9.97. The zero-order valence-electron chi connectivity index (χ0n) is 11.6. The minimum atomic E-state index is -3.45. The Morgan fingerprint density at radius 2 is 2.05 bits per heavy atom. The maximum Gasteiger partial charge on any atom is 0.280 e. The summed E-state index contributed by atoms with van der Waals surface area (Å²) in [5.41, 5.74) is 11.2. The molecule has 0 aromatic heterocycles. The molecule has 1 amide bonds. The molecule has 4 N–H and O–H groups in total. The second-order valence-electron chi connectivity index (χ2n) is 4.98. The second-order valence-corrected chi connectivity index (χ2v) is 6.96. The van der Waals surface area contributed by atoms with Gasteiger partial charge in [-0.3, -0.25) is 4.79 Å². The average Bonchev–Trinajstić information content (AvgIpc) is 2.89. The summed E-state index contributed by atoms with van der Waals surface area (Å²) < 4.78 is 24.0. The van der Waals surface area contributed by atoms with Crippen LogP contribution in [0.2, 0.25) is 0 Å². The molecule has 0 bridgehead atoms. The molecule has 1 aromatic rings. The molecule has 0 saturated heterocycles. The minimum Gasteiger partial charge on any atom is -0.370 e. The summed E-state index contributed by atoms with van der Waals surface area (Å²) in [7, 11) is -3.45. The van der Waals surface area contributed by atoms with Crippen LogP contribution in [0.1, 0.15) is 34.7 Å². The van der Waals surface area contributed by atoms with Crippen molar-refractivity contribution in [3.05, 3.63) is 41.5 Å². The van der Waals surface area contributed by atoms with Crippen molar-refractivity contribution in [2.24, 2.45) is 16.5 Å². The smallest absolute Gasteiger partial charge is 0.280 e. The van der Waals surface area contributed by atoms with E-state index in [0.29, 0.717) is 5.56 Å². The fourth-order valence-electron chi connectivity index (χ4n) is 2.37. The summed E-state index contributed by atoms with van der Waals surface area (Å²) >= 11 is 0. The Hall–Kier alpha value is -2.15. The van der Waals surface area contributed by atoms with Gasteiger partial charge in [0.15, 0.2) is 15.8 Å². The van der Waals surface area contributed by atoms with Gasteiger partial charge < -0.3 is 11.5 Å². The molecular formula is C14H17N3O3S. The van der Waals surface area contributed by atoms with Crippen molar-refractivity contribution in [2.45, 2.75) is 23.7 Å². The molecule has 0 aliphatic heterocycles. The number of nitrogens with two attached hydrogens (primary N) is 2. The largest absolute Gasteiger partial charge is 0.370 e. The molecule has 1 aliphatic carbocycles. The lowest BCUT2D eigenvalue weighted by Gasteiger charge is -2.14. The monoisotopic (exact) mass is 307 g/mol. The quantitative estimate of drug-likeness (QED) is 0.490. The molecule has 21 heavy (non-hydrogen) atoms. The predicted molar refractivity (Wildman–Crippen MR) is 80.8 cm³/mol. The number of nitrogens with zero attached hydrogens (tertiary/aromatic N) is 1. The van der Waals surface area contributed by atoms with Crippen LogP contribution in [0.5, 0.6) is 0 Å². The summed E-state index contributed by atoms with van der Waals surface area (Å²) in [4.78, 5) is 15.4. The van der Waals surface area contributed by atoms with E-state index in [9.17, 15) is 13.2 Å². The van der Waals surface area contributed by atoms with Crippen molar-refractivity contribution in [1.82, 2.24) is 0 Å². The van der Waals surface area contributed by atoms with E-state index in [4.69, 9.17) is 11.5 Å². The van der Waals surface area contributed by atoms with Crippen molar-refractivity contribution in [2.75, 3.05) is 6.26 Å². The molecule has 1 aromatic carbocycles. The molecule has 0 fully saturated rings. The number of sulfone groups is 1. The summed E-state index contributed by atoms with van der Waals surface area (Å²) in [5, 5.41) is 0. The Morgan fingerprint density at radius 3 is 2.57 bits per heavy atom. The molecule has 1 unspecified atom stereocenters. The topological polar surface area (TPSA) is 116 Å². The van der Waals surface area contributed by atoms with Crippen LogP contribution >= 0.6 is 0 Å². The van der Waals surface area contributed by atoms with Gasteiger partial charge in [0.25, 0.3) is 5.91 Å². The SMILES string of the molecule is CS(=O)(=O)c1cc(C(=O)N=C(N)N)ccc1C1C=CCC1. The van der Waals surface area contributed by atoms with E-state index in [1.807, 2.05) is 12.2 Å². The van der Waals surface area contributed by atoms with Gasteiger partial charge in [0, 0.05) is 17.7 Å². The zero-order valence-corrected chi connectivity index (χ0v) is 12.4. The highest BCUT2D eigenvalue weighted by Gasteiger charge is 2.22. The molecule has 112 valence electrons. The van der Waals surface area contributed by atoms with E-state index in [2.05, 4.69) is 4.99 Å². The van der Waals surface area contributed by atoms with Gasteiger partial charge in [-0.05, 0) is 30.5 Å². The summed E-state index contributed by atoms with van der Waals surface area (Å²) in [6.07, 6.45) is 6.92. The number of allylic oxidation sites excluding steroid dienone is 2. The number of rotatable bonds is 3. The first kappa shape index (κ1) is 15.2. The Kier molecular flexibility index (Phi) is 4.13. The van der Waals surface area contributed by atoms with Crippen LogP contribution in [-0.2, 0) is 9.84 Å². The number of amides is 1. The van der Waals surface area contributed by atoms with E-state index >= 15 is 0 Å². The third-order valence-corrected chi connectivity index (χ3v) is 4.46. The van der Waals surface area contributed by atoms with Crippen LogP contribution in [0.25, 0.3) is 0 Å². The van der Waals surface area contributed by atoms with E-state index in [0.717, 1.165) is 19.1 Å². The first-order chi connectivity index (χ1) is 9.79. The Balaban J connectivity index is 2.53. The fourth-order valence-corrected chi connectivity index (χ4v) is 3.36. The minimum absolute atomic E-state index is 0.0574. The number of hydrogen-bond acceptors (Lipinski definition) is 3. The Morgan fingerprint density at radius 1 is 1.33 bits per heavy atom. The fraction of sp³-hybridized carbons (Fsp3) is 0.286. The number of carbonyl (C=O) groups is 1. The normalized spacial score (nSPS) is 17.7. The molecule has 0 radical (unpaired) electrons. The maximum absolute atomic E-state index is 12.0. The lowest BCUT2D eigenvalue weighted by molar-refractivity contribution is 0.100. The van der Waals surface area contributed by atoms with E-state index < -0.39 is 15.7 Å². The summed E-state index contributed by atoms with van der Waals surface area (Å²) in [6.45, 7) is 0. The lowest BCUT2D eigenvalue weighted by Crippen LogP contribution is -2.24. The maximum atomic E-state index is 12.0. The molecule has 1 atom stereocenters. The number of aliphatic imine (C=N–C) groups is 1. The number of guanidine groups is 1. The van der Waals surface area contributed by atoms with Gasteiger partial charge in [-0.1, -0.05) is 18.2 Å². The van der Waals surface area contributed by atoms with Gasteiger partial charge in [-0.2, -0.15) is 4.99 Å². The van der Waals surface area contributed by atoms with Crippen LogP contribution < -0.4 is 11.5 Å². The Bertz CT molecular complexity index is 732.